The van der Waals surface area contributed by atoms with Gasteiger partial charge in [-0.3, -0.25) is 4.79 Å². The van der Waals surface area contributed by atoms with Crippen molar-refractivity contribution in [3.8, 4) is 16.9 Å². The Kier molecular flexibility index (Phi) is 5.27. The summed E-state index contributed by atoms with van der Waals surface area (Å²) in [7, 11) is -3.27. The number of hydrogen-bond acceptors (Lipinski definition) is 3. The topological polar surface area (TPSA) is 56.1 Å². The van der Waals surface area contributed by atoms with Crippen LogP contribution in [0.5, 0.6) is 0 Å². The Morgan fingerprint density at radius 2 is 1.63 bits per heavy atom. The van der Waals surface area contributed by atoms with Gasteiger partial charge in [-0.2, -0.15) is 0 Å². The van der Waals surface area contributed by atoms with Crippen LogP contribution in [-0.4, -0.2) is 25.0 Å². The number of Topliss-reactive ketones (excluding diaryl/α,β-unsaturated/α-hetero) is 1. The Balaban J connectivity index is 2.22. The van der Waals surface area contributed by atoms with Gasteiger partial charge in [-0.1, -0.05) is 30.7 Å². The molecular weight excluding hydrogens is 382 g/mol. The highest BCUT2D eigenvalue weighted by atomic mass is 35.5. The fraction of sp³-hybridized carbons (Fsp3) is 0.190. The van der Waals surface area contributed by atoms with Crippen molar-refractivity contribution in [2.24, 2.45) is 0 Å². The molecule has 6 heteroatoms. The number of sulfone groups is 1. The first-order valence-electron chi connectivity index (χ1n) is 8.54. The first-order chi connectivity index (χ1) is 12.7. The summed E-state index contributed by atoms with van der Waals surface area (Å²) < 4.78 is 25.4. The predicted octanol–water partition coefficient (Wildman–Crippen LogP) is 5.10. The predicted molar refractivity (Wildman–Crippen MR) is 109 cm³/mol. The van der Waals surface area contributed by atoms with E-state index < -0.39 is 9.84 Å². The number of rotatable bonds is 5. The van der Waals surface area contributed by atoms with Gasteiger partial charge in [0.25, 0.3) is 0 Å². The second-order valence-corrected chi connectivity index (χ2v) is 8.87. The number of aromatic nitrogens is 1. The maximum Gasteiger partial charge on any atom is 0.175 e. The fourth-order valence-electron chi connectivity index (χ4n) is 3.09. The number of ketones is 1. The van der Waals surface area contributed by atoms with E-state index in [4.69, 9.17) is 11.6 Å². The minimum absolute atomic E-state index is 0.0641. The van der Waals surface area contributed by atoms with Crippen molar-refractivity contribution < 1.29 is 13.2 Å². The van der Waals surface area contributed by atoms with Crippen LogP contribution in [0.4, 0.5) is 0 Å². The first kappa shape index (κ1) is 19.4. The Hall–Kier alpha value is -2.37. The van der Waals surface area contributed by atoms with E-state index in [0.29, 0.717) is 17.0 Å². The first-order valence-corrected chi connectivity index (χ1v) is 10.8. The molecule has 0 atom stereocenters. The molecule has 0 saturated heterocycles. The van der Waals surface area contributed by atoms with Crippen molar-refractivity contribution in [2.75, 3.05) is 6.26 Å². The maximum absolute atomic E-state index is 12.4. The van der Waals surface area contributed by atoms with Gasteiger partial charge in [0.15, 0.2) is 15.6 Å². The molecule has 0 amide bonds. The lowest BCUT2D eigenvalue weighted by Gasteiger charge is -2.13. The zero-order chi connectivity index (χ0) is 19.8. The van der Waals surface area contributed by atoms with Crippen LogP contribution in [0.15, 0.2) is 59.5 Å². The van der Waals surface area contributed by atoms with E-state index in [9.17, 15) is 13.2 Å². The van der Waals surface area contributed by atoms with Gasteiger partial charge < -0.3 is 4.57 Å². The van der Waals surface area contributed by atoms with Gasteiger partial charge in [0, 0.05) is 34.6 Å². The van der Waals surface area contributed by atoms with Crippen molar-refractivity contribution >= 4 is 27.2 Å². The molecular formula is C21H20ClNO3S. The number of carbonyl (C=O) groups excluding carboxylic acids is 1. The van der Waals surface area contributed by atoms with Crippen molar-refractivity contribution in [2.45, 2.75) is 25.2 Å². The number of halogens is 1. The van der Waals surface area contributed by atoms with Gasteiger partial charge in [-0.25, -0.2) is 8.42 Å². The second kappa shape index (κ2) is 7.33. The molecule has 4 nitrogen and oxygen atoms in total. The minimum atomic E-state index is -3.27. The average Bonchev–Trinajstić information content (AvgIpc) is 2.98. The molecule has 1 heterocycles. The van der Waals surface area contributed by atoms with E-state index >= 15 is 0 Å². The van der Waals surface area contributed by atoms with Gasteiger partial charge in [0.05, 0.1) is 10.6 Å². The number of benzene rings is 2. The Bertz CT molecular complexity index is 1100. The van der Waals surface area contributed by atoms with Crippen LogP contribution < -0.4 is 0 Å². The van der Waals surface area contributed by atoms with E-state index in [-0.39, 0.29) is 10.7 Å². The molecule has 140 valence electrons. The molecule has 0 N–H and O–H groups in total. The Morgan fingerprint density at radius 1 is 1.04 bits per heavy atom. The number of nitrogens with zero attached hydrogens (tertiary/aromatic N) is 1. The molecule has 0 fully saturated rings. The quantitative estimate of drug-likeness (QED) is 0.558. The molecule has 27 heavy (non-hydrogen) atoms. The molecule has 1 aromatic heterocycles. The third kappa shape index (κ3) is 3.84. The smallest absolute Gasteiger partial charge is 0.175 e. The SMILES string of the molecule is CCC(=O)c1cc(-c2ccc(Cl)cc2)n(-c2ccc(S(C)(=O)=O)cc2)c1C. The van der Waals surface area contributed by atoms with Crippen LogP contribution in [0, 0.1) is 6.92 Å². The monoisotopic (exact) mass is 401 g/mol. The maximum atomic E-state index is 12.4. The fourth-order valence-corrected chi connectivity index (χ4v) is 3.84. The highest BCUT2D eigenvalue weighted by Gasteiger charge is 2.19. The molecule has 0 aliphatic carbocycles. The van der Waals surface area contributed by atoms with E-state index in [1.807, 2.05) is 36.6 Å². The standard InChI is InChI=1S/C21H20ClNO3S/c1-4-21(24)19-13-20(15-5-7-16(22)8-6-15)23(14(19)2)17-9-11-18(12-10-17)27(3,25)26/h5-13H,4H2,1-3H3. The Morgan fingerprint density at radius 3 is 2.15 bits per heavy atom. The summed E-state index contributed by atoms with van der Waals surface area (Å²) in [5, 5.41) is 0.635. The third-order valence-corrected chi connectivity index (χ3v) is 5.91. The summed E-state index contributed by atoms with van der Waals surface area (Å²) in [6, 6.07) is 16.0. The average molecular weight is 402 g/mol. The van der Waals surface area contributed by atoms with Crippen molar-refractivity contribution in [1.29, 1.82) is 0 Å². The molecule has 2 aromatic carbocycles. The van der Waals surface area contributed by atoms with Gasteiger partial charge in [-0.15, -0.1) is 0 Å². The van der Waals surface area contributed by atoms with E-state index in [2.05, 4.69) is 0 Å². The molecule has 0 radical (unpaired) electrons. The van der Waals surface area contributed by atoms with Crippen LogP contribution >= 0.6 is 11.6 Å². The molecule has 0 unspecified atom stereocenters. The van der Waals surface area contributed by atoms with Crippen molar-refractivity contribution in [1.82, 2.24) is 4.57 Å². The molecule has 0 spiro atoms. The summed E-state index contributed by atoms with van der Waals surface area (Å²) in [4.78, 5) is 12.6. The van der Waals surface area contributed by atoms with Gasteiger partial charge >= 0.3 is 0 Å². The largest absolute Gasteiger partial charge is 0.313 e. The van der Waals surface area contributed by atoms with Gasteiger partial charge in [0.2, 0.25) is 0 Å². The number of carbonyl (C=O) groups is 1. The molecule has 0 aliphatic rings. The molecule has 0 bridgehead atoms. The van der Waals surface area contributed by atoms with E-state index in [1.165, 1.54) is 6.26 Å². The lowest BCUT2D eigenvalue weighted by Crippen LogP contribution is -2.03. The molecule has 0 aliphatic heterocycles. The third-order valence-electron chi connectivity index (χ3n) is 4.53. The molecule has 3 rings (SSSR count). The summed E-state index contributed by atoms with van der Waals surface area (Å²) in [6.07, 6.45) is 1.60. The summed E-state index contributed by atoms with van der Waals surface area (Å²) >= 11 is 6.01. The summed E-state index contributed by atoms with van der Waals surface area (Å²) in [5.41, 5.74) is 4.05. The molecule has 0 saturated carbocycles. The lowest BCUT2D eigenvalue weighted by atomic mass is 10.1. The van der Waals surface area contributed by atoms with Crippen LogP contribution in [0.2, 0.25) is 5.02 Å². The zero-order valence-corrected chi connectivity index (χ0v) is 16.9. The van der Waals surface area contributed by atoms with E-state index in [0.717, 1.165) is 22.6 Å². The van der Waals surface area contributed by atoms with Crippen LogP contribution in [0.3, 0.4) is 0 Å². The second-order valence-electron chi connectivity index (χ2n) is 6.41. The highest BCUT2D eigenvalue weighted by Crippen LogP contribution is 2.31. The van der Waals surface area contributed by atoms with Crippen molar-refractivity contribution in [3.05, 3.63) is 70.9 Å². The van der Waals surface area contributed by atoms with Crippen LogP contribution in [0.25, 0.3) is 16.9 Å². The number of hydrogen-bond donors (Lipinski definition) is 0. The van der Waals surface area contributed by atoms with Gasteiger partial charge in [0.1, 0.15) is 0 Å². The van der Waals surface area contributed by atoms with Crippen molar-refractivity contribution in [3.63, 3.8) is 0 Å². The minimum Gasteiger partial charge on any atom is -0.313 e. The van der Waals surface area contributed by atoms with Crippen LogP contribution in [0.1, 0.15) is 29.4 Å². The van der Waals surface area contributed by atoms with E-state index in [1.54, 1.807) is 36.4 Å². The highest BCUT2D eigenvalue weighted by molar-refractivity contribution is 7.90. The Labute approximate surface area is 164 Å². The summed E-state index contributed by atoms with van der Waals surface area (Å²) in [6.45, 7) is 3.73. The molecule has 3 aromatic rings. The summed E-state index contributed by atoms with van der Waals surface area (Å²) in [5.74, 6) is 0.0641. The van der Waals surface area contributed by atoms with Crippen LogP contribution in [-0.2, 0) is 9.84 Å². The zero-order valence-electron chi connectivity index (χ0n) is 15.4. The van der Waals surface area contributed by atoms with Gasteiger partial charge in [-0.05, 0) is 55.0 Å². The normalized spacial score (nSPS) is 11.6. The lowest BCUT2D eigenvalue weighted by molar-refractivity contribution is 0.0987.